The first-order chi connectivity index (χ1) is 15.0. The van der Waals surface area contributed by atoms with Crippen molar-refractivity contribution >= 4 is 44.4 Å². The summed E-state index contributed by atoms with van der Waals surface area (Å²) in [6, 6.07) is 11.5. The smallest absolute Gasteiger partial charge is 0.260 e. The van der Waals surface area contributed by atoms with E-state index >= 15 is 0 Å². The van der Waals surface area contributed by atoms with Crippen molar-refractivity contribution in [2.45, 2.75) is 18.7 Å². The van der Waals surface area contributed by atoms with Crippen LogP contribution in [-0.2, 0) is 0 Å². The molecule has 0 saturated heterocycles. The number of ether oxygens (including phenoxy) is 2. The Kier molecular flexibility index (Phi) is 8.17. The van der Waals surface area contributed by atoms with Crippen LogP contribution in [0.4, 0.5) is 5.13 Å². The third kappa shape index (κ3) is 5.31. The Hall–Kier alpha value is -2.29. The average molecular weight is 460 g/mol. The number of thioether (sulfide) groups is 1. The SMILES string of the molecule is CCN(CC)CCN(C(=O)c1ccc(OC)c(OC)c1)c1nc2ccc(SC)cc2s1. The zero-order chi connectivity index (χ0) is 22.4. The van der Waals surface area contributed by atoms with Crippen molar-refractivity contribution in [2.75, 3.05) is 51.6 Å². The Bertz CT molecular complexity index is 1030. The highest BCUT2D eigenvalue weighted by Gasteiger charge is 2.23. The lowest BCUT2D eigenvalue weighted by Crippen LogP contribution is -2.38. The van der Waals surface area contributed by atoms with E-state index in [9.17, 15) is 4.79 Å². The van der Waals surface area contributed by atoms with Gasteiger partial charge in [0.1, 0.15) is 0 Å². The summed E-state index contributed by atoms with van der Waals surface area (Å²) in [5.74, 6) is 1.03. The number of rotatable bonds is 10. The maximum absolute atomic E-state index is 13.6. The lowest BCUT2D eigenvalue weighted by atomic mass is 10.1. The topological polar surface area (TPSA) is 54.9 Å². The second-order valence-corrected chi connectivity index (χ2v) is 8.77. The van der Waals surface area contributed by atoms with Gasteiger partial charge >= 0.3 is 0 Å². The van der Waals surface area contributed by atoms with Crippen LogP contribution in [0.15, 0.2) is 41.3 Å². The molecule has 8 heteroatoms. The number of fused-ring (bicyclic) bond motifs is 1. The van der Waals surface area contributed by atoms with Crippen LogP contribution in [-0.4, -0.2) is 62.4 Å². The highest BCUT2D eigenvalue weighted by molar-refractivity contribution is 7.98. The van der Waals surface area contributed by atoms with Gasteiger partial charge in [0.2, 0.25) is 0 Å². The molecule has 0 N–H and O–H groups in total. The van der Waals surface area contributed by atoms with E-state index in [1.807, 2.05) is 6.07 Å². The number of amides is 1. The molecule has 0 saturated carbocycles. The fraction of sp³-hybridized carbons (Fsp3) is 0.391. The number of hydrogen-bond donors (Lipinski definition) is 0. The number of benzene rings is 2. The predicted octanol–water partition coefficient (Wildman–Crippen LogP) is 5.02. The van der Waals surface area contributed by atoms with Crippen molar-refractivity contribution < 1.29 is 14.3 Å². The van der Waals surface area contributed by atoms with E-state index in [0.29, 0.717) is 28.7 Å². The summed E-state index contributed by atoms with van der Waals surface area (Å²) in [4.78, 5) is 23.6. The van der Waals surface area contributed by atoms with Crippen molar-refractivity contribution in [2.24, 2.45) is 0 Å². The molecule has 1 aromatic heterocycles. The van der Waals surface area contributed by atoms with Crippen LogP contribution in [0.2, 0.25) is 0 Å². The largest absolute Gasteiger partial charge is 0.493 e. The summed E-state index contributed by atoms with van der Waals surface area (Å²) in [5, 5.41) is 0.709. The Labute approximate surface area is 192 Å². The summed E-state index contributed by atoms with van der Waals surface area (Å²) in [6.07, 6.45) is 2.06. The van der Waals surface area contributed by atoms with E-state index in [1.165, 1.54) is 4.90 Å². The normalized spacial score (nSPS) is 11.2. The number of carbonyl (C=O) groups is 1. The number of carbonyl (C=O) groups excluding carboxylic acids is 1. The molecule has 0 radical (unpaired) electrons. The number of anilines is 1. The third-order valence-corrected chi connectivity index (χ3v) is 6.99. The average Bonchev–Trinajstić information content (AvgIpc) is 3.23. The minimum Gasteiger partial charge on any atom is -0.493 e. The second-order valence-electron chi connectivity index (χ2n) is 6.88. The van der Waals surface area contributed by atoms with Crippen LogP contribution in [0.3, 0.4) is 0 Å². The van der Waals surface area contributed by atoms with Crippen LogP contribution >= 0.6 is 23.1 Å². The van der Waals surface area contributed by atoms with Gasteiger partial charge in [-0.25, -0.2) is 4.98 Å². The minimum absolute atomic E-state index is 0.0998. The molecule has 0 spiro atoms. The molecule has 0 aliphatic carbocycles. The molecule has 0 aliphatic heterocycles. The predicted molar refractivity (Wildman–Crippen MR) is 130 cm³/mol. The van der Waals surface area contributed by atoms with Gasteiger partial charge in [-0.15, -0.1) is 11.8 Å². The summed E-state index contributed by atoms with van der Waals surface area (Å²) in [6.45, 7) is 7.47. The molecule has 0 atom stereocenters. The first-order valence-electron chi connectivity index (χ1n) is 10.2. The number of nitrogens with zero attached hydrogens (tertiary/aromatic N) is 3. The van der Waals surface area contributed by atoms with Crippen LogP contribution in [0, 0.1) is 0 Å². The second kappa shape index (κ2) is 10.8. The maximum atomic E-state index is 13.6. The van der Waals surface area contributed by atoms with Crippen LogP contribution in [0.5, 0.6) is 11.5 Å². The molecule has 166 valence electrons. The fourth-order valence-electron chi connectivity index (χ4n) is 3.33. The van der Waals surface area contributed by atoms with Crippen molar-refractivity contribution in [3.8, 4) is 11.5 Å². The van der Waals surface area contributed by atoms with E-state index in [-0.39, 0.29) is 5.91 Å². The van der Waals surface area contributed by atoms with Gasteiger partial charge in [-0.1, -0.05) is 25.2 Å². The molecular weight excluding hydrogens is 430 g/mol. The van der Waals surface area contributed by atoms with Crippen molar-refractivity contribution in [1.29, 1.82) is 0 Å². The van der Waals surface area contributed by atoms with E-state index in [4.69, 9.17) is 14.5 Å². The van der Waals surface area contributed by atoms with Crippen molar-refractivity contribution in [1.82, 2.24) is 9.88 Å². The van der Waals surface area contributed by atoms with Gasteiger partial charge < -0.3 is 14.4 Å². The standard InChI is InChI=1S/C23H29N3O3S2/c1-6-25(7-2)12-13-26(22(27)16-8-11-19(28-3)20(14-16)29-4)23-24-18-10-9-17(30-5)15-21(18)31-23/h8-11,14-15H,6-7,12-13H2,1-5H3. The molecule has 3 rings (SSSR count). The Morgan fingerprint density at radius 2 is 1.77 bits per heavy atom. The van der Waals surface area contributed by atoms with E-state index in [0.717, 1.165) is 29.9 Å². The van der Waals surface area contributed by atoms with E-state index < -0.39 is 0 Å². The van der Waals surface area contributed by atoms with Crippen LogP contribution in [0.1, 0.15) is 24.2 Å². The monoisotopic (exact) mass is 459 g/mol. The Morgan fingerprint density at radius 3 is 2.42 bits per heavy atom. The molecule has 2 aromatic carbocycles. The number of thiazole rings is 1. The molecule has 0 bridgehead atoms. The van der Waals surface area contributed by atoms with Gasteiger partial charge in [-0.3, -0.25) is 9.69 Å². The van der Waals surface area contributed by atoms with E-state index in [2.05, 4.69) is 37.1 Å². The van der Waals surface area contributed by atoms with Gasteiger partial charge in [-0.05, 0) is 55.7 Å². The molecule has 6 nitrogen and oxygen atoms in total. The van der Waals surface area contributed by atoms with Gasteiger partial charge in [0, 0.05) is 23.5 Å². The number of likely N-dealkylation sites (N-methyl/N-ethyl adjacent to an activating group) is 1. The zero-order valence-corrected chi connectivity index (χ0v) is 20.3. The lowest BCUT2D eigenvalue weighted by Gasteiger charge is -2.25. The van der Waals surface area contributed by atoms with Gasteiger partial charge in [0.05, 0.1) is 24.4 Å². The molecule has 31 heavy (non-hydrogen) atoms. The van der Waals surface area contributed by atoms with E-state index in [1.54, 1.807) is 60.4 Å². The Morgan fingerprint density at radius 1 is 1.03 bits per heavy atom. The molecule has 1 amide bonds. The maximum Gasteiger partial charge on any atom is 0.260 e. The van der Waals surface area contributed by atoms with Crippen molar-refractivity contribution in [3.63, 3.8) is 0 Å². The molecule has 0 aliphatic rings. The summed E-state index contributed by atoms with van der Waals surface area (Å²) >= 11 is 3.25. The number of hydrogen-bond acceptors (Lipinski definition) is 7. The third-order valence-electron chi connectivity index (χ3n) is 5.23. The first-order valence-corrected chi connectivity index (χ1v) is 12.3. The molecule has 3 aromatic rings. The number of methoxy groups -OCH3 is 2. The van der Waals surface area contributed by atoms with Crippen molar-refractivity contribution in [3.05, 3.63) is 42.0 Å². The summed E-state index contributed by atoms with van der Waals surface area (Å²) < 4.78 is 11.8. The molecular formula is C23H29N3O3S2. The van der Waals surface area contributed by atoms with Gasteiger partial charge in [0.25, 0.3) is 5.91 Å². The highest BCUT2D eigenvalue weighted by Crippen LogP contribution is 2.33. The molecule has 0 fully saturated rings. The summed E-state index contributed by atoms with van der Waals surface area (Å²) in [7, 11) is 3.15. The zero-order valence-electron chi connectivity index (χ0n) is 18.7. The Balaban J connectivity index is 1.98. The summed E-state index contributed by atoms with van der Waals surface area (Å²) in [5.41, 5.74) is 1.45. The lowest BCUT2D eigenvalue weighted by molar-refractivity contribution is 0.0983. The number of aromatic nitrogens is 1. The van der Waals surface area contributed by atoms with Crippen LogP contribution in [0.25, 0.3) is 10.2 Å². The fourth-order valence-corrected chi connectivity index (χ4v) is 4.87. The molecule has 1 heterocycles. The van der Waals surface area contributed by atoms with Gasteiger partial charge in [-0.2, -0.15) is 0 Å². The highest BCUT2D eigenvalue weighted by atomic mass is 32.2. The first kappa shape index (κ1) is 23.4. The molecule has 0 unspecified atom stereocenters. The van der Waals surface area contributed by atoms with Gasteiger partial charge in [0.15, 0.2) is 16.6 Å². The quantitative estimate of drug-likeness (QED) is 0.397. The minimum atomic E-state index is -0.0998. The van der Waals surface area contributed by atoms with Crippen LogP contribution < -0.4 is 14.4 Å².